The van der Waals surface area contributed by atoms with E-state index in [4.69, 9.17) is 25.2 Å². The van der Waals surface area contributed by atoms with Crippen LogP contribution in [0.2, 0.25) is 0 Å². The highest BCUT2D eigenvalue weighted by Gasteiger charge is 2.68. The Morgan fingerprint density at radius 1 is 0.579 bits per heavy atom. The van der Waals surface area contributed by atoms with Gasteiger partial charge in [0, 0.05) is 0 Å². The van der Waals surface area contributed by atoms with Crippen molar-refractivity contribution in [2.45, 2.75) is 12.2 Å². The molecule has 9 nitrogen and oxygen atoms in total. The normalized spacial score (nSPS) is 40.0. The summed E-state index contributed by atoms with van der Waals surface area (Å²) in [4.78, 5) is 44.3. The molecule has 0 radical (unpaired) electrons. The minimum Gasteiger partial charge on any atom is -0.481 e. The first-order valence-electron chi connectivity index (χ1n) is 5.34. The lowest BCUT2D eigenvalue weighted by atomic mass is 9.68. The number of ether oxygens (including phenoxy) is 1. The number of rotatable bonds is 4. The number of hydrogen-bond donors (Lipinski definition) is 4. The molecule has 2 bridgehead atoms. The van der Waals surface area contributed by atoms with E-state index in [0.717, 1.165) is 0 Å². The van der Waals surface area contributed by atoms with Gasteiger partial charge in [0.15, 0.2) is 0 Å². The minimum absolute atomic E-state index is 1.44. The third-order valence-electron chi connectivity index (χ3n) is 3.64. The second-order valence-corrected chi connectivity index (χ2v) is 4.52. The number of carboxylic acids is 4. The fraction of sp³-hybridized carbons (Fsp3) is 0.600. The molecule has 4 atom stereocenters. The van der Waals surface area contributed by atoms with Crippen LogP contribution in [-0.2, 0) is 23.9 Å². The molecule has 2 aliphatic rings. The highest BCUT2D eigenvalue weighted by atomic mass is 16.5. The largest absolute Gasteiger partial charge is 0.481 e. The average molecular weight is 274 g/mol. The Kier molecular flexibility index (Phi) is 2.93. The van der Waals surface area contributed by atoms with Crippen molar-refractivity contribution in [3.63, 3.8) is 0 Å². The number of carbonyl (C=O) groups is 4. The van der Waals surface area contributed by atoms with E-state index in [-0.39, 0.29) is 0 Å². The molecule has 0 saturated carbocycles. The summed E-state index contributed by atoms with van der Waals surface area (Å²) in [7, 11) is 0. The first-order chi connectivity index (χ1) is 8.77. The molecule has 2 aliphatic heterocycles. The second kappa shape index (κ2) is 4.19. The van der Waals surface area contributed by atoms with Gasteiger partial charge in [-0.2, -0.15) is 0 Å². The Hall–Kier alpha value is -2.16. The van der Waals surface area contributed by atoms with Crippen LogP contribution in [0.25, 0.3) is 0 Å². The Balaban J connectivity index is 2.45. The van der Waals surface area contributed by atoms with Gasteiger partial charge in [-0.05, 0) is 0 Å². The van der Waals surface area contributed by atoms with E-state index in [2.05, 4.69) is 0 Å². The Bertz CT molecular complexity index is 388. The van der Waals surface area contributed by atoms with E-state index in [1.807, 2.05) is 0 Å². The van der Waals surface area contributed by atoms with E-state index >= 15 is 0 Å². The molecule has 0 amide bonds. The van der Waals surface area contributed by atoms with Crippen molar-refractivity contribution in [3.8, 4) is 0 Å². The number of hydrogen-bond acceptors (Lipinski definition) is 5. The van der Waals surface area contributed by atoms with E-state index < -0.39 is 59.8 Å². The van der Waals surface area contributed by atoms with Crippen molar-refractivity contribution in [2.75, 3.05) is 0 Å². The fourth-order valence-electron chi connectivity index (χ4n) is 2.96. The van der Waals surface area contributed by atoms with Crippen LogP contribution < -0.4 is 0 Å². The first-order valence-corrected chi connectivity index (χ1v) is 5.34. The summed E-state index contributed by atoms with van der Waals surface area (Å²) in [5.41, 5.74) is 0. The molecule has 2 fully saturated rings. The van der Waals surface area contributed by atoms with Crippen LogP contribution in [-0.4, -0.2) is 56.5 Å². The van der Waals surface area contributed by atoms with Crippen molar-refractivity contribution < 1.29 is 44.3 Å². The third-order valence-corrected chi connectivity index (χ3v) is 3.64. The molecule has 0 aliphatic carbocycles. The molecule has 104 valence electrons. The molecule has 2 heterocycles. The quantitative estimate of drug-likeness (QED) is 0.482. The van der Waals surface area contributed by atoms with E-state index in [1.54, 1.807) is 0 Å². The molecule has 2 saturated heterocycles. The van der Waals surface area contributed by atoms with E-state index in [9.17, 15) is 19.2 Å². The zero-order valence-electron chi connectivity index (χ0n) is 9.29. The number of fused-ring (bicyclic) bond motifs is 2. The number of aliphatic carboxylic acids is 4. The lowest BCUT2D eigenvalue weighted by Gasteiger charge is -2.29. The van der Waals surface area contributed by atoms with Gasteiger partial charge in [0.05, 0.1) is 35.9 Å². The predicted octanol–water partition coefficient (Wildman–Crippen LogP) is -1.43. The van der Waals surface area contributed by atoms with Crippen molar-refractivity contribution in [3.05, 3.63) is 0 Å². The smallest absolute Gasteiger partial charge is 0.310 e. The summed E-state index contributed by atoms with van der Waals surface area (Å²) in [5.74, 6) is -12.2. The highest BCUT2D eigenvalue weighted by Crippen LogP contribution is 2.50. The lowest BCUT2D eigenvalue weighted by molar-refractivity contribution is -0.164. The topological polar surface area (TPSA) is 158 Å². The van der Waals surface area contributed by atoms with Gasteiger partial charge in [-0.3, -0.25) is 19.2 Å². The summed E-state index contributed by atoms with van der Waals surface area (Å²) in [5, 5.41) is 36.0. The summed E-state index contributed by atoms with van der Waals surface area (Å²) >= 11 is 0. The van der Waals surface area contributed by atoms with Gasteiger partial charge in [0.25, 0.3) is 0 Å². The van der Waals surface area contributed by atoms with Gasteiger partial charge in [-0.15, -0.1) is 0 Å². The molecule has 19 heavy (non-hydrogen) atoms. The summed E-state index contributed by atoms with van der Waals surface area (Å²) in [6, 6.07) is 0. The lowest BCUT2D eigenvalue weighted by Crippen LogP contribution is -2.51. The summed E-state index contributed by atoms with van der Waals surface area (Å²) < 4.78 is 5.04. The van der Waals surface area contributed by atoms with Crippen molar-refractivity contribution in [2.24, 2.45) is 23.7 Å². The van der Waals surface area contributed by atoms with Crippen LogP contribution in [0.5, 0.6) is 0 Å². The van der Waals surface area contributed by atoms with Gasteiger partial charge in [0.2, 0.25) is 0 Å². The van der Waals surface area contributed by atoms with Crippen molar-refractivity contribution in [1.82, 2.24) is 0 Å². The molecule has 4 N–H and O–H groups in total. The van der Waals surface area contributed by atoms with Crippen LogP contribution >= 0.6 is 0 Å². The number of carboxylic acid groups (broad SMARTS) is 4. The molecule has 0 aromatic carbocycles. The summed E-state index contributed by atoms with van der Waals surface area (Å²) in [6.07, 6.45) is -2.88. The molecule has 0 spiro atoms. The fourth-order valence-corrected chi connectivity index (χ4v) is 2.96. The van der Waals surface area contributed by atoms with Gasteiger partial charge in [-0.1, -0.05) is 0 Å². The van der Waals surface area contributed by atoms with Crippen LogP contribution in [0.15, 0.2) is 0 Å². The Morgan fingerprint density at radius 3 is 0.947 bits per heavy atom. The van der Waals surface area contributed by atoms with Crippen LogP contribution in [0, 0.1) is 23.7 Å². The van der Waals surface area contributed by atoms with Crippen molar-refractivity contribution >= 4 is 23.9 Å². The maximum absolute atomic E-state index is 11.1. The monoisotopic (exact) mass is 274 g/mol. The molecule has 0 aromatic rings. The summed E-state index contributed by atoms with van der Waals surface area (Å²) in [6.45, 7) is 0. The molecular formula is C10H10O9. The molecule has 2 rings (SSSR count). The standard InChI is InChI=1S/C10H10O9/c11-7(12)1-2(8(13)14)6-4(10(17)18)3(9(15)16)5(1)19-6/h1-6H,(H,11,12)(H,13,14)(H,15,16)(H,17,18). The SMILES string of the molecule is O=C(O)C1C2OC(C1C(=O)O)C(C(=O)O)C2C(=O)O. The van der Waals surface area contributed by atoms with E-state index in [0.29, 0.717) is 0 Å². The van der Waals surface area contributed by atoms with Crippen LogP contribution in [0.4, 0.5) is 0 Å². The van der Waals surface area contributed by atoms with Gasteiger partial charge in [0.1, 0.15) is 0 Å². The van der Waals surface area contributed by atoms with E-state index in [1.165, 1.54) is 0 Å². The minimum atomic E-state index is -1.56. The maximum Gasteiger partial charge on any atom is 0.310 e. The van der Waals surface area contributed by atoms with Gasteiger partial charge >= 0.3 is 23.9 Å². The predicted molar refractivity (Wildman–Crippen MR) is 53.2 cm³/mol. The zero-order valence-corrected chi connectivity index (χ0v) is 9.29. The van der Waals surface area contributed by atoms with Crippen molar-refractivity contribution in [1.29, 1.82) is 0 Å². The third kappa shape index (κ3) is 1.73. The van der Waals surface area contributed by atoms with Crippen LogP contribution in [0.1, 0.15) is 0 Å². The van der Waals surface area contributed by atoms with Gasteiger partial charge < -0.3 is 25.2 Å². The molecular weight excluding hydrogens is 264 g/mol. The average Bonchev–Trinajstić information content (AvgIpc) is 2.81. The maximum atomic E-state index is 11.1. The van der Waals surface area contributed by atoms with Gasteiger partial charge in [-0.25, -0.2) is 0 Å². The van der Waals surface area contributed by atoms with Crippen LogP contribution in [0.3, 0.4) is 0 Å². The zero-order chi connectivity index (χ0) is 14.5. The first kappa shape index (κ1) is 13.3. The highest BCUT2D eigenvalue weighted by molar-refractivity contribution is 5.88. The Morgan fingerprint density at radius 2 is 0.789 bits per heavy atom. The molecule has 9 heteroatoms. The molecule has 4 unspecified atom stereocenters. The second-order valence-electron chi connectivity index (χ2n) is 4.52. The Labute approximate surface area is 105 Å². The molecule has 0 aromatic heterocycles.